The zero-order valence-electron chi connectivity index (χ0n) is 9.20. The number of nitrogens with zero attached hydrogens (tertiary/aromatic N) is 3. The zero-order valence-corrected chi connectivity index (χ0v) is 9.96. The molecule has 0 saturated carbocycles. The van der Waals surface area contributed by atoms with Gasteiger partial charge in [0.15, 0.2) is 5.82 Å². The van der Waals surface area contributed by atoms with Crippen LogP contribution in [0.3, 0.4) is 0 Å². The van der Waals surface area contributed by atoms with Crippen molar-refractivity contribution >= 4 is 17.4 Å². The molecule has 1 saturated heterocycles. The minimum Gasteiger partial charge on any atom is -0.355 e. The van der Waals surface area contributed by atoms with E-state index in [0.29, 0.717) is 10.4 Å². The van der Waals surface area contributed by atoms with Gasteiger partial charge in [-0.3, -0.25) is 0 Å². The van der Waals surface area contributed by atoms with Crippen molar-refractivity contribution in [3.05, 3.63) is 17.5 Å². The van der Waals surface area contributed by atoms with E-state index < -0.39 is 0 Å². The third-order valence-electron chi connectivity index (χ3n) is 2.85. The molecule has 0 radical (unpaired) electrons. The molecule has 1 aliphatic rings. The smallest absolute Gasteiger partial charge is 0.150 e. The first kappa shape index (κ1) is 10.7. The fourth-order valence-corrected chi connectivity index (χ4v) is 2.37. The molecule has 0 bridgehead atoms. The standard InChI is InChI=1S/C11H16ClN3/c1-11(2)4-3-5-15(7-11)10-9(12)6-13-8-14-10/h6,8H,3-5,7H2,1-2H3. The molecular formula is C11H16ClN3. The van der Waals surface area contributed by atoms with Crippen LogP contribution in [0.25, 0.3) is 0 Å². The summed E-state index contributed by atoms with van der Waals surface area (Å²) in [6, 6.07) is 0. The van der Waals surface area contributed by atoms with Gasteiger partial charge < -0.3 is 4.90 Å². The van der Waals surface area contributed by atoms with Crippen molar-refractivity contribution in [1.82, 2.24) is 9.97 Å². The summed E-state index contributed by atoms with van der Waals surface area (Å²) >= 11 is 6.08. The van der Waals surface area contributed by atoms with Crippen molar-refractivity contribution in [1.29, 1.82) is 0 Å². The first-order chi connectivity index (χ1) is 7.08. The second-order valence-electron chi connectivity index (χ2n) is 4.88. The van der Waals surface area contributed by atoms with Gasteiger partial charge in [-0.1, -0.05) is 25.4 Å². The summed E-state index contributed by atoms with van der Waals surface area (Å²) in [4.78, 5) is 10.4. The SMILES string of the molecule is CC1(C)CCCN(c2ncncc2Cl)C1. The maximum Gasteiger partial charge on any atom is 0.150 e. The predicted octanol–water partition coefficient (Wildman–Crippen LogP) is 2.76. The summed E-state index contributed by atoms with van der Waals surface area (Å²) < 4.78 is 0. The number of piperidine rings is 1. The second-order valence-corrected chi connectivity index (χ2v) is 5.29. The highest BCUT2D eigenvalue weighted by molar-refractivity contribution is 6.32. The van der Waals surface area contributed by atoms with Crippen molar-refractivity contribution < 1.29 is 0 Å². The number of anilines is 1. The number of hydrogen-bond donors (Lipinski definition) is 0. The lowest BCUT2D eigenvalue weighted by Crippen LogP contribution is -2.40. The van der Waals surface area contributed by atoms with Crippen molar-refractivity contribution in [2.75, 3.05) is 18.0 Å². The van der Waals surface area contributed by atoms with E-state index >= 15 is 0 Å². The molecule has 15 heavy (non-hydrogen) atoms. The third-order valence-corrected chi connectivity index (χ3v) is 3.11. The predicted molar refractivity (Wildman–Crippen MR) is 62.3 cm³/mol. The minimum atomic E-state index is 0.354. The minimum absolute atomic E-state index is 0.354. The quantitative estimate of drug-likeness (QED) is 0.736. The van der Waals surface area contributed by atoms with Crippen LogP contribution in [0.4, 0.5) is 5.82 Å². The highest BCUT2D eigenvalue weighted by Crippen LogP contribution is 2.32. The first-order valence-corrected chi connectivity index (χ1v) is 5.67. The second kappa shape index (κ2) is 3.97. The van der Waals surface area contributed by atoms with E-state index in [-0.39, 0.29) is 0 Å². The van der Waals surface area contributed by atoms with Gasteiger partial charge in [0.05, 0.1) is 6.20 Å². The van der Waals surface area contributed by atoms with Gasteiger partial charge in [0.2, 0.25) is 0 Å². The van der Waals surface area contributed by atoms with Gasteiger partial charge in [-0.05, 0) is 18.3 Å². The summed E-state index contributed by atoms with van der Waals surface area (Å²) in [6.07, 6.45) is 5.69. The maximum absolute atomic E-state index is 6.08. The van der Waals surface area contributed by atoms with Gasteiger partial charge in [0.25, 0.3) is 0 Å². The molecule has 1 fully saturated rings. The fourth-order valence-electron chi connectivity index (χ4n) is 2.14. The van der Waals surface area contributed by atoms with Crippen LogP contribution in [0.2, 0.25) is 5.02 Å². The third kappa shape index (κ3) is 2.40. The lowest BCUT2D eigenvalue weighted by atomic mass is 9.84. The topological polar surface area (TPSA) is 29.0 Å². The van der Waals surface area contributed by atoms with Crippen LogP contribution >= 0.6 is 11.6 Å². The van der Waals surface area contributed by atoms with Crippen LogP contribution in [-0.4, -0.2) is 23.1 Å². The molecule has 0 unspecified atom stereocenters. The largest absolute Gasteiger partial charge is 0.355 e. The Kier molecular flexibility index (Phi) is 2.83. The van der Waals surface area contributed by atoms with Crippen LogP contribution in [0.1, 0.15) is 26.7 Å². The van der Waals surface area contributed by atoms with E-state index in [2.05, 4.69) is 28.7 Å². The summed E-state index contributed by atoms with van der Waals surface area (Å²) in [5.41, 5.74) is 0.354. The Hall–Kier alpha value is -0.830. The van der Waals surface area contributed by atoms with Crippen LogP contribution < -0.4 is 4.90 Å². The summed E-state index contributed by atoms with van der Waals surface area (Å²) in [7, 11) is 0. The molecule has 3 nitrogen and oxygen atoms in total. The Balaban J connectivity index is 2.21. The normalized spacial score (nSPS) is 20.3. The van der Waals surface area contributed by atoms with Crippen LogP contribution in [0.5, 0.6) is 0 Å². The summed E-state index contributed by atoms with van der Waals surface area (Å²) in [5.74, 6) is 0.874. The number of rotatable bonds is 1. The number of aromatic nitrogens is 2. The van der Waals surface area contributed by atoms with E-state index in [0.717, 1.165) is 18.9 Å². The molecule has 2 rings (SSSR count). The molecule has 82 valence electrons. The van der Waals surface area contributed by atoms with Gasteiger partial charge in [0, 0.05) is 13.1 Å². The van der Waals surface area contributed by atoms with Gasteiger partial charge in [-0.2, -0.15) is 0 Å². The van der Waals surface area contributed by atoms with Gasteiger partial charge >= 0.3 is 0 Å². The van der Waals surface area contributed by atoms with Crippen molar-refractivity contribution in [2.24, 2.45) is 5.41 Å². The fraction of sp³-hybridized carbons (Fsp3) is 0.636. The Morgan fingerprint density at radius 1 is 1.47 bits per heavy atom. The Labute approximate surface area is 95.5 Å². The summed E-state index contributed by atoms with van der Waals surface area (Å²) in [6.45, 7) is 6.63. The van der Waals surface area contributed by atoms with Gasteiger partial charge in [-0.15, -0.1) is 0 Å². The van der Waals surface area contributed by atoms with Crippen LogP contribution in [0.15, 0.2) is 12.5 Å². The molecule has 0 aromatic carbocycles. The van der Waals surface area contributed by atoms with Crippen molar-refractivity contribution in [3.63, 3.8) is 0 Å². The zero-order chi connectivity index (χ0) is 10.9. The molecule has 1 aromatic rings. The Morgan fingerprint density at radius 3 is 2.93 bits per heavy atom. The molecule has 4 heteroatoms. The molecule has 0 aliphatic carbocycles. The number of halogens is 1. The van der Waals surface area contributed by atoms with Gasteiger partial charge in [-0.25, -0.2) is 9.97 Å². The lowest BCUT2D eigenvalue weighted by molar-refractivity contribution is 0.292. The monoisotopic (exact) mass is 225 g/mol. The highest BCUT2D eigenvalue weighted by atomic mass is 35.5. The average Bonchev–Trinajstić information content (AvgIpc) is 2.17. The molecule has 2 heterocycles. The highest BCUT2D eigenvalue weighted by Gasteiger charge is 2.27. The molecule has 0 atom stereocenters. The van der Waals surface area contributed by atoms with E-state index in [9.17, 15) is 0 Å². The molecule has 0 N–H and O–H groups in total. The van der Waals surface area contributed by atoms with E-state index in [1.165, 1.54) is 12.8 Å². The first-order valence-electron chi connectivity index (χ1n) is 5.29. The molecule has 0 amide bonds. The van der Waals surface area contributed by atoms with Gasteiger partial charge in [0.1, 0.15) is 11.3 Å². The van der Waals surface area contributed by atoms with Crippen LogP contribution in [-0.2, 0) is 0 Å². The maximum atomic E-state index is 6.08. The number of hydrogen-bond acceptors (Lipinski definition) is 3. The average molecular weight is 226 g/mol. The van der Waals surface area contributed by atoms with E-state index in [1.807, 2.05) is 0 Å². The van der Waals surface area contributed by atoms with Crippen LogP contribution in [0, 0.1) is 5.41 Å². The van der Waals surface area contributed by atoms with Crippen molar-refractivity contribution in [3.8, 4) is 0 Å². The van der Waals surface area contributed by atoms with Crippen molar-refractivity contribution in [2.45, 2.75) is 26.7 Å². The molecule has 1 aliphatic heterocycles. The van der Waals surface area contributed by atoms with E-state index in [1.54, 1.807) is 12.5 Å². The molecule has 1 aromatic heterocycles. The van der Waals surface area contributed by atoms with E-state index in [4.69, 9.17) is 11.6 Å². The molecule has 0 spiro atoms. The Bertz CT molecular complexity index is 351. The Morgan fingerprint density at radius 2 is 2.27 bits per heavy atom. The molecular weight excluding hydrogens is 210 g/mol. The summed E-state index contributed by atoms with van der Waals surface area (Å²) in [5, 5.41) is 0.648. The lowest BCUT2D eigenvalue weighted by Gasteiger charge is -2.38.